The smallest absolute Gasteiger partial charge is 0.456 e. The Morgan fingerprint density at radius 3 is 2.26 bits per heavy atom. The summed E-state index contributed by atoms with van der Waals surface area (Å²) in [6.07, 6.45) is 0. The molecular formula is C22H20BClO3. The van der Waals surface area contributed by atoms with E-state index in [4.69, 9.17) is 25.3 Å². The first kappa shape index (κ1) is 17.1. The van der Waals surface area contributed by atoms with Crippen LogP contribution in [0.15, 0.2) is 52.9 Å². The van der Waals surface area contributed by atoms with Gasteiger partial charge in [-0.15, -0.1) is 0 Å². The van der Waals surface area contributed by atoms with Crippen LogP contribution < -0.4 is 5.46 Å². The fraction of sp³-hybridized carbons (Fsp3) is 0.273. The summed E-state index contributed by atoms with van der Waals surface area (Å²) in [7, 11) is -0.500. The lowest BCUT2D eigenvalue weighted by Gasteiger charge is -2.32. The normalized spacial score (nSPS) is 18.8. The molecule has 1 aromatic heterocycles. The minimum Gasteiger partial charge on any atom is -0.456 e. The van der Waals surface area contributed by atoms with Crippen LogP contribution in [-0.4, -0.2) is 18.3 Å². The SMILES string of the molecule is CC1(C)OB(c2c3ccccc3cc3c2oc2cc(Cl)ccc23)OC1(C)C. The molecule has 0 bridgehead atoms. The molecule has 1 aliphatic rings. The second-order valence-electron chi connectivity index (χ2n) is 8.22. The molecule has 5 rings (SSSR count). The quantitative estimate of drug-likeness (QED) is 0.399. The summed E-state index contributed by atoms with van der Waals surface area (Å²) < 4.78 is 19.0. The molecule has 27 heavy (non-hydrogen) atoms. The molecule has 136 valence electrons. The summed E-state index contributed by atoms with van der Waals surface area (Å²) in [5.74, 6) is 0. The number of hydrogen-bond donors (Lipinski definition) is 0. The first-order valence-electron chi connectivity index (χ1n) is 9.16. The molecule has 4 aromatic rings. The zero-order valence-electron chi connectivity index (χ0n) is 15.8. The molecule has 3 aromatic carbocycles. The van der Waals surface area contributed by atoms with Crippen molar-refractivity contribution in [2.24, 2.45) is 0 Å². The second-order valence-corrected chi connectivity index (χ2v) is 8.66. The molecule has 0 atom stereocenters. The van der Waals surface area contributed by atoms with E-state index in [0.717, 1.165) is 38.2 Å². The van der Waals surface area contributed by atoms with Gasteiger partial charge in [-0.05, 0) is 56.7 Å². The van der Waals surface area contributed by atoms with Gasteiger partial charge in [0.1, 0.15) is 11.2 Å². The zero-order chi connectivity index (χ0) is 19.0. The van der Waals surface area contributed by atoms with Gasteiger partial charge in [-0.2, -0.15) is 0 Å². The van der Waals surface area contributed by atoms with Crippen molar-refractivity contribution in [1.82, 2.24) is 0 Å². The standard InChI is InChI=1S/C22H20BClO3/c1-21(2)22(3,4)27-23(26-21)19-15-8-6-5-7-13(15)11-17-16-10-9-14(24)12-18(16)25-20(17)19/h5-12H,1-4H3. The van der Waals surface area contributed by atoms with Gasteiger partial charge in [0, 0.05) is 27.3 Å². The van der Waals surface area contributed by atoms with Gasteiger partial charge in [-0.3, -0.25) is 0 Å². The molecule has 0 saturated carbocycles. The van der Waals surface area contributed by atoms with Crippen molar-refractivity contribution < 1.29 is 13.7 Å². The van der Waals surface area contributed by atoms with Crippen LogP contribution in [0.25, 0.3) is 32.7 Å². The van der Waals surface area contributed by atoms with Gasteiger partial charge in [0.25, 0.3) is 0 Å². The van der Waals surface area contributed by atoms with Gasteiger partial charge in [-0.1, -0.05) is 35.9 Å². The van der Waals surface area contributed by atoms with E-state index < -0.39 is 18.3 Å². The van der Waals surface area contributed by atoms with Crippen LogP contribution >= 0.6 is 11.6 Å². The summed E-state index contributed by atoms with van der Waals surface area (Å²) in [6, 6.07) is 16.2. The molecule has 0 N–H and O–H groups in total. The minimum absolute atomic E-state index is 0.420. The summed E-state index contributed by atoms with van der Waals surface area (Å²) in [4.78, 5) is 0. The Morgan fingerprint density at radius 1 is 0.815 bits per heavy atom. The molecule has 0 unspecified atom stereocenters. The molecule has 1 saturated heterocycles. The summed E-state index contributed by atoms with van der Waals surface area (Å²) in [5, 5.41) is 4.95. The third-order valence-corrected chi connectivity index (χ3v) is 6.21. The molecule has 3 nitrogen and oxygen atoms in total. The Hall–Kier alpha value is -2.01. The fourth-order valence-corrected chi connectivity index (χ4v) is 3.94. The van der Waals surface area contributed by atoms with E-state index in [1.165, 1.54) is 0 Å². The highest BCUT2D eigenvalue weighted by Crippen LogP contribution is 2.39. The molecule has 2 heterocycles. The predicted molar refractivity (Wildman–Crippen MR) is 112 cm³/mol. The maximum atomic E-state index is 6.38. The van der Waals surface area contributed by atoms with Crippen molar-refractivity contribution in [2.75, 3.05) is 0 Å². The lowest BCUT2D eigenvalue weighted by molar-refractivity contribution is 0.00578. The van der Waals surface area contributed by atoms with Crippen LogP contribution in [0, 0.1) is 0 Å². The van der Waals surface area contributed by atoms with E-state index in [0.29, 0.717) is 5.02 Å². The first-order chi connectivity index (χ1) is 12.8. The van der Waals surface area contributed by atoms with E-state index in [1.54, 1.807) is 0 Å². The van der Waals surface area contributed by atoms with Gasteiger partial charge >= 0.3 is 7.12 Å². The lowest BCUT2D eigenvalue weighted by Crippen LogP contribution is -2.41. The van der Waals surface area contributed by atoms with Crippen molar-refractivity contribution in [3.63, 3.8) is 0 Å². The van der Waals surface area contributed by atoms with Crippen molar-refractivity contribution in [2.45, 2.75) is 38.9 Å². The number of fused-ring (bicyclic) bond motifs is 4. The number of hydrogen-bond acceptors (Lipinski definition) is 3. The number of halogens is 1. The van der Waals surface area contributed by atoms with Crippen LogP contribution in [0.2, 0.25) is 5.02 Å². The average molecular weight is 379 g/mol. The molecule has 0 radical (unpaired) electrons. The van der Waals surface area contributed by atoms with Crippen LogP contribution in [0.3, 0.4) is 0 Å². The topological polar surface area (TPSA) is 31.6 Å². The van der Waals surface area contributed by atoms with Crippen LogP contribution in [0.1, 0.15) is 27.7 Å². The first-order valence-corrected chi connectivity index (χ1v) is 9.54. The molecule has 1 aliphatic heterocycles. The summed E-state index contributed by atoms with van der Waals surface area (Å²) in [5.41, 5.74) is 1.66. The largest absolute Gasteiger partial charge is 0.499 e. The molecular weight excluding hydrogens is 359 g/mol. The third kappa shape index (κ3) is 2.44. The number of benzene rings is 3. The Labute approximate surface area is 163 Å². The van der Waals surface area contributed by atoms with Gasteiger partial charge in [-0.25, -0.2) is 0 Å². The highest BCUT2D eigenvalue weighted by Gasteiger charge is 2.53. The Bertz CT molecular complexity index is 1190. The fourth-order valence-electron chi connectivity index (χ4n) is 3.77. The molecule has 0 spiro atoms. The Kier molecular flexibility index (Phi) is 3.49. The number of furan rings is 1. The van der Waals surface area contributed by atoms with E-state index >= 15 is 0 Å². The van der Waals surface area contributed by atoms with Gasteiger partial charge in [0.2, 0.25) is 0 Å². The predicted octanol–water partition coefficient (Wildman–Crippen LogP) is 5.69. The molecule has 1 fully saturated rings. The highest BCUT2D eigenvalue weighted by molar-refractivity contribution is 6.68. The molecule has 0 amide bonds. The maximum absolute atomic E-state index is 6.38. The summed E-state index contributed by atoms with van der Waals surface area (Å²) in [6.45, 7) is 8.25. The van der Waals surface area contributed by atoms with E-state index in [-0.39, 0.29) is 0 Å². The zero-order valence-corrected chi connectivity index (χ0v) is 16.6. The van der Waals surface area contributed by atoms with Crippen LogP contribution in [0.4, 0.5) is 0 Å². The monoisotopic (exact) mass is 378 g/mol. The van der Waals surface area contributed by atoms with Crippen LogP contribution in [0.5, 0.6) is 0 Å². The van der Waals surface area contributed by atoms with Gasteiger partial charge in [0.05, 0.1) is 11.2 Å². The van der Waals surface area contributed by atoms with Crippen molar-refractivity contribution in [1.29, 1.82) is 0 Å². The van der Waals surface area contributed by atoms with Gasteiger partial charge < -0.3 is 13.7 Å². The van der Waals surface area contributed by atoms with Crippen molar-refractivity contribution in [3.05, 3.63) is 53.6 Å². The average Bonchev–Trinajstić information content (AvgIpc) is 3.05. The van der Waals surface area contributed by atoms with E-state index in [1.807, 2.05) is 30.3 Å². The number of rotatable bonds is 1. The highest BCUT2D eigenvalue weighted by atomic mass is 35.5. The minimum atomic E-state index is -0.500. The van der Waals surface area contributed by atoms with E-state index in [9.17, 15) is 0 Å². The van der Waals surface area contributed by atoms with Crippen molar-refractivity contribution in [3.8, 4) is 0 Å². The second kappa shape index (κ2) is 5.51. The van der Waals surface area contributed by atoms with E-state index in [2.05, 4.69) is 45.9 Å². The maximum Gasteiger partial charge on any atom is 0.499 e. The third-order valence-electron chi connectivity index (χ3n) is 5.97. The Balaban J connectivity index is 1.87. The summed E-state index contributed by atoms with van der Waals surface area (Å²) >= 11 is 6.18. The lowest BCUT2D eigenvalue weighted by atomic mass is 9.75. The molecule has 5 heteroatoms. The van der Waals surface area contributed by atoms with Crippen molar-refractivity contribution >= 4 is 56.9 Å². The van der Waals surface area contributed by atoms with Gasteiger partial charge in [0.15, 0.2) is 0 Å². The molecule has 0 aliphatic carbocycles. The Morgan fingerprint density at radius 2 is 1.52 bits per heavy atom. The van der Waals surface area contributed by atoms with Crippen LogP contribution in [-0.2, 0) is 9.31 Å².